The predicted octanol–water partition coefficient (Wildman–Crippen LogP) is 3.49. The first-order valence-electron chi connectivity index (χ1n) is 6.31. The molecule has 0 saturated carbocycles. The molecule has 0 saturated heterocycles. The highest BCUT2D eigenvalue weighted by Gasteiger charge is 2.21. The van der Waals surface area contributed by atoms with Gasteiger partial charge < -0.3 is 15.1 Å². The van der Waals surface area contributed by atoms with Crippen LogP contribution in [0.25, 0.3) is 10.1 Å². The Morgan fingerprint density at radius 3 is 2.90 bits per heavy atom. The summed E-state index contributed by atoms with van der Waals surface area (Å²) >= 11 is 1.21. The lowest BCUT2D eigenvalue weighted by Crippen LogP contribution is -2.25. The number of amides is 1. The third kappa shape index (κ3) is 2.38. The zero-order valence-corrected chi connectivity index (χ0v) is 12.1. The van der Waals surface area contributed by atoms with E-state index in [0.717, 1.165) is 5.56 Å². The number of thiophene rings is 1. The fourth-order valence-corrected chi connectivity index (χ4v) is 3.32. The highest BCUT2D eigenvalue weighted by atomic mass is 32.1. The third-order valence-electron chi connectivity index (χ3n) is 3.24. The molecule has 0 aliphatic heterocycles. The molecular weight excluding hydrogens is 291 g/mol. The topological polar surface area (TPSA) is 59.5 Å². The van der Waals surface area contributed by atoms with Gasteiger partial charge in [0.25, 0.3) is 5.91 Å². The number of hydrogen-bond acceptors (Lipinski definition) is 4. The van der Waals surface area contributed by atoms with Gasteiger partial charge in [-0.2, -0.15) is 0 Å². The van der Waals surface area contributed by atoms with Crippen molar-refractivity contribution < 1.29 is 13.6 Å². The zero-order valence-electron chi connectivity index (χ0n) is 11.3. The van der Waals surface area contributed by atoms with E-state index in [-0.39, 0.29) is 11.6 Å². The Morgan fingerprint density at radius 2 is 2.24 bits per heavy atom. The lowest BCUT2D eigenvalue weighted by molar-refractivity contribution is 0.0790. The van der Waals surface area contributed by atoms with E-state index < -0.39 is 5.82 Å². The van der Waals surface area contributed by atoms with Crippen LogP contribution in [0.15, 0.2) is 41.2 Å². The number of anilines is 1. The molecular formula is C15H13FN2O2S. The molecule has 0 aliphatic rings. The van der Waals surface area contributed by atoms with E-state index in [4.69, 9.17) is 10.2 Å². The van der Waals surface area contributed by atoms with Crippen LogP contribution in [0.2, 0.25) is 0 Å². The van der Waals surface area contributed by atoms with E-state index in [1.54, 1.807) is 37.8 Å². The quantitative estimate of drug-likeness (QED) is 0.806. The number of carbonyl (C=O) groups is 1. The average Bonchev–Trinajstić information content (AvgIpc) is 3.07. The van der Waals surface area contributed by atoms with E-state index in [1.165, 1.54) is 22.3 Å². The van der Waals surface area contributed by atoms with Gasteiger partial charge in [0.1, 0.15) is 10.7 Å². The number of nitrogens with zero attached hydrogens (tertiary/aromatic N) is 1. The van der Waals surface area contributed by atoms with Crippen LogP contribution in [0, 0.1) is 5.82 Å². The summed E-state index contributed by atoms with van der Waals surface area (Å²) in [6.45, 7) is 0.408. The van der Waals surface area contributed by atoms with Gasteiger partial charge in [-0.05, 0) is 18.2 Å². The van der Waals surface area contributed by atoms with Crippen LogP contribution in [0.1, 0.15) is 15.2 Å². The molecule has 0 atom stereocenters. The molecule has 6 heteroatoms. The minimum atomic E-state index is -0.405. The molecule has 3 aromatic rings. The molecule has 0 aliphatic carbocycles. The van der Waals surface area contributed by atoms with Crippen LogP contribution in [-0.4, -0.2) is 17.9 Å². The van der Waals surface area contributed by atoms with Crippen molar-refractivity contribution in [3.8, 4) is 0 Å². The van der Waals surface area contributed by atoms with Crippen molar-refractivity contribution in [2.24, 2.45) is 0 Å². The van der Waals surface area contributed by atoms with Gasteiger partial charge in [0.15, 0.2) is 0 Å². The monoisotopic (exact) mass is 304 g/mol. The molecule has 21 heavy (non-hydrogen) atoms. The molecule has 0 radical (unpaired) electrons. The summed E-state index contributed by atoms with van der Waals surface area (Å²) in [6, 6.07) is 6.50. The molecule has 1 amide bonds. The Kier molecular flexibility index (Phi) is 3.39. The van der Waals surface area contributed by atoms with Gasteiger partial charge in [-0.15, -0.1) is 11.3 Å². The number of halogens is 1. The van der Waals surface area contributed by atoms with Gasteiger partial charge in [-0.25, -0.2) is 4.39 Å². The molecule has 2 heterocycles. The van der Waals surface area contributed by atoms with Crippen molar-refractivity contribution in [2.45, 2.75) is 6.54 Å². The summed E-state index contributed by atoms with van der Waals surface area (Å²) in [6.07, 6.45) is 3.13. The molecule has 4 nitrogen and oxygen atoms in total. The Morgan fingerprint density at radius 1 is 1.43 bits per heavy atom. The van der Waals surface area contributed by atoms with Crippen molar-refractivity contribution in [1.29, 1.82) is 0 Å². The maximum atomic E-state index is 13.8. The second-order valence-electron chi connectivity index (χ2n) is 4.75. The lowest BCUT2D eigenvalue weighted by Gasteiger charge is -2.15. The molecule has 0 bridgehead atoms. The number of benzene rings is 1. The van der Waals surface area contributed by atoms with Gasteiger partial charge in [-0.1, -0.05) is 6.07 Å². The number of fused-ring (bicyclic) bond motifs is 1. The second-order valence-corrected chi connectivity index (χ2v) is 5.80. The van der Waals surface area contributed by atoms with Crippen molar-refractivity contribution in [2.75, 3.05) is 12.8 Å². The Bertz CT molecular complexity index is 795. The molecule has 0 unspecified atom stereocenters. The standard InChI is InChI=1S/C15H13FN2O2S/c1-18(7-9-5-6-20-8-9)15(19)14-13(17)12-10(16)3-2-4-11(12)21-14/h2-6,8H,7,17H2,1H3. The highest BCUT2D eigenvalue weighted by Crippen LogP contribution is 2.36. The minimum Gasteiger partial charge on any atom is -0.472 e. The fraction of sp³-hybridized carbons (Fsp3) is 0.133. The normalized spacial score (nSPS) is 11.0. The Labute approximate surface area is 124 Å². The van der Waals surface area contributed by atoms with E-state index >= 15 is 0 Å². The van der Waals surface area contributed by atoms with Gasteiger partial charge in [-0.3, -0.25) is 4.79 Å². The first kappa shape index (κ1) is 13.6. The van der Waals surface area contributed by atoms with Crippen molar-refractivity contribution in [1.82, 2.24) is 4.90 Å². The first-order chi connectivity index (χ1) is 10.1. The zero-order chi connectivity index (χ0) is 15.0. The van der Waals surface area contributed by atoms with Gasteiger partial charge in [0, 0.05) is 23.9 Å². The predicted molar refractivity (Wildman–Crippen MR) is 80.7 cm³/mol. The summed E-state index contributed by atoms with van der Waals surface area (Å²) < 4.78 is 19.5. The molecule has 108 valence electrons. The van der Waals surface area contributed by atoms with Crippen molar-refractivity contribution in [3.05, 3.63) is 53.0 Å². The highest BCUT2D eigenvalue weighted by molar-refractivity contribution is 7.21. The summed E-state index contributed by atoms with van der Waals surface area (Å²) in [5.74, 6) is -0.632. The molecule has 1 aromatic carbocycles. The number of hydrogen-bond donors (Lipinski definition) is 1. The summed E-state index contributed by atoms with van der Waals surface area (Å²) in [5.41, 5.74) is 7.05. The van der Waals surface area contributed by atoms with E-state index in [2.05, 4.69) is 0 Å². The molecule has 0 spiro atoms. The van der Waals surface area contributed by atoms with Crippen molar-refractivity contribution >= 4 is 33.0 Å². The van der Waals surface area contributed by atoms with Crippen LogP contribution in [0.3, 0.4) is 0 Å². The smallest absolute Gasteiger partial charge is 0.266 e. The lowest BCUT2D eigenvalue weighted by atomic mass is 10.2. The van der Waals surface area contributed by atoms with Crippen LogP contribution < -0.4 is 5.73 Å². The van der Waals surface area contributed by atoms with Crippen LogP contribution in [0.5, 0.6) is 0 Å². The number of rotatable bonds is 3. The first-order valence-corrected chi connectivity index (χ1v) is 7.12. The summed E-state index contributed by atoms with van der Waals surface area (Å²) in [5, 5.41) is 0.322. The molecule has 2 N–H and O–H groups in total. The number of nitrogens with two attached hydrogens (primary N) is 1. The van der Waals surface area contributed by atoms with E-state index in [0.29, 0.717) is 21.5 Å². The number of furan rings is 1. The SMILES string of the molecule is CN(Cc1ccoc1)C(=O)c1sc2cccc(F)c2c1N. The molecule has 2 aromatic heterocycles. The summed E-state index contributed by atoms with van der Waals surface area (Å²) in [4.78, 5) is 14.4. The molecule has 3 rings (SSSR count). The van der Waals surface area contributed by atoms with Gasteiger partial charge in [0.05, 0.1) is 23.6 Å². The third-order valence-corrected chi connectivity index (χ3v) is 4.40. The second kappa shape index (κ2) is 5.21. The largest absolute Gasteiger partial charge is 0.472 e. The Hall–Kier alpha value is -2.34. The number of nitrogen functional groups attached to an aromatic ring is 1. The van der Waals surface area contributed by atoms with E-state index in [1.807, 2.05) is 0 Å². The minimum absolute atomic E-state index is 0.206. The summed E-state index contributed by atoms with van der Waals surface area (Å²) in [7, 11) is 1.68. The maximum Gasteiger partial charge on any atom is 0.266 e. The Balaban J connectivity index is 1.94. The van der Waals surface area contributed by atoms with Crippen LogP contribution in [-0.2, 0) is 6.54 Å². The number of carbonyl (C=O) groups excluding carboxylic acids is 1. The molecule has 0 fully saturated rings. The van der Waals surface area contributed by atoms with Gasteiger partial charge >= 0.3 is 0 Å². The van der Waals surface area contributed by atoms with E-state index in [9.17, 15) is 9.18 Å². The average molecular weight is 304 g/mol. The van der Waals surface area contributed by atoms with Crippen LogP contribution >= 0.6 is 11.3 Å². The van der Waals surface area contributed by atoms with Crippen molar-refractivity contribution in [3.63, 3.8) is 0 Å². The van der Waals surface area contributed by atoms with Gasteiger partial charge in [0.2, 0.25) is 0 Å². The maximum absolute atomic E-state index is 13.8. The van der Waals surface area contributed by atoms with Crippen LogP contribution in [0.4, 0.5) is 10.1 Å². The fourth-order valence-electron chi connectivity index (χ4n) is 2.19.